The van der Waals surface area contributed by atoms with Gasteiger partial charge in [0.1, 0.15) is 5.82 Å². The quantitative estimate of drug-likeness (QED) is 0.709. The molecule has 0 saturated carbocycles. The number of unbranched alkanes of at least 4 members (excludes halogenated alkanes) is 3. The van der Waals surface area contributed by atoms with Crippen LogP contribution in [0.25, 0.3) is 0 Å². The molecule has 4 heteroatoms. The summed E-state index contributed by atoms with van der Waals surface area (Å²) in [5.41, 5.74) is 5.59. The average Bonchev–Trinajstić information content (AvgIpc) is 2.52. The van der Waals surface area contributed by atoms with E-state index in [2.05, 4.69) is 18.9 Å². The third-order valence-electron chi connectivity index (χ3n) is 2.70. The lowest BCUT2D eigenvalue weighted by Gasteiger charge is -2.14. The Morgan fingerprint density at radius 3 is 2.73 bits per heavy atom. The summed E-state index contributed by atoms with van der Waals surface area (Å²) in [6.07, 6.45) is 6.04. The van der Waals surface area contributed by atoms with E-state index in [0.717, 1.165) is 6.42 Å². The molecule has 1 aromatic heterocycles. The van der Waals surface area contributed by atoms with Crippen molar-refractivity contribution in [2.45, 2.75) is 52.0 Å². The Bertz CT molecular complexity index is 340. The Hall–Kier alpha value is -1.19. The highest BCUT2D eigenvalue weighted by Gasteiger charge is 2.08. The minimum absolute atomic E-state index is 0.118. The van der Waals surface area contributed by atoms with Crippen molar-refractivity contribution in [3.63, 3.8) is 0 Å². The van der Waals surface area contributed by atoms with Crippen LogP contribution in [0, 0.1) is 0 Å². The summed E-state index contributed by atoms with van der Waals surface area (Å²) in [7, 11) is 0. The van der Waals surface area contributed by atoms with E-state index < -0.39 is 0 Å². The number of nitrogens with one attached hydrogen (secondary N) is 1. The average molecular weight is 211 g/mol. The summed E-state index contributed by atoms with van der Waals surface area (Å²) in [4.78, 5) is 11.0. The van der Waals surface area contributed by atoms with E-state index in [1.165, 1.54) is 31.7 Å². The van der Waals surface area contributed by atoms with E-state index in [4.69, 9.17) is 5.73 Å². The number of aromatic amines is 1. The minimum atomic E-state index is -0.118. The zero-order valence-corrected chi connectivity index (χ0v) is 9.62. The van der Waals surface area contributed by atoms with E-state index in [9.17, 15) is 4.79 Å². The molecular formula is C11H21N3O. The van der Waals surface area contributed by atoms with E-state index >= 15 is 0 Å². The fourth-order valence-corrected chi connectivity index (χ4v) is 1.78. The second kappa shape index (κ2) is 5.63. The molecule has 1 atom stereocenters. The maximum Gasteiger partial charge on any atom is 0.266 e. The van der Waals surface area contributed by atoms with Gasteiger partial charge < -0.3 is 5.73 Å². The molecule has 1 aromatic rings. The van der Waals surface area contributed by atoms with Gasteiger partial charge in [0.25, 0.3) is 5.56 Å². The van der Waals surface area contributed by atoms with Crippen molar-refractivity contribution in [2.24, 2.45) is 0 Å². The van der Waals surface area contributed by atoms with E-state index in [1.807, 2.05) is 0 Å². The molecule has 15 heavy (non-hydrogen) atoms. The molecule has 0 unspecified atom stereocenters. The third kappa shape index (κ3) is 3.46. The number of rotatable bonds is 6. The predicted molar refractivity (Wildman–Crippen MR) is 62.9 cm³/mol. The van der Waals surface area contributed by atoms with Crippen molar-refractivity contribution >= 4 is 5.82 Å². The summed E-state index contributed by atoms with van der Waals surface area (Å²) in [6.45, 7) is 4.28. The molecule has 0 amide bonds. The molecule has 0 saturated heterocycles. The highest BCUT2D eigenvalue weighted by molar-refractivity contribution is 5.26. The molecular weight excluding hydrogens is 190 g/mol. The zero-order chi connectivity index (χ0) is 11.3. The number of anilines is 1. The third-order valence-corrected chi connectivity index (χ3v) is 2.70. The van der Waals surface area contributed by atoms with Crippen molar-refractivity contribution in [3.8, 4) is 0 Å². The van der Waals surface area contributed by atoms with Crippen LogP contribution in [0.4, 0.5) is 5.82 Å². The van der Waals surface area contributed by atoms with Crippen LogP contribution in [-0.2, 0) is 0 Å². The van der Waals surface area contributed by atoms with Crippen LogP contribution >= 0.6 is 0 Å². The first kappa shape index (κ1) is 11.9. The molecule has 4 nitrogen and oxygen atoms in total. The largest absolute Gasteiger partial charge is 0.384 e. The van der Waals surface area contributed by atoms with Crippen LogP contribution in [-0.4, -0.2) is 9.78 Å². The second-order valence-electron chi connectivity index (χ2n) is 4.11. The van der Waals surface area contributed by atoms with Gasteiger partial charge in [0.05, 0.1) is 0 Å². The van der Waals surface area contributed by atoms with Gasteiger partial charge in [0.15, 0.2) is 0 Å². The van der Waals surface area contributed by atoms with Gasteiger partial charge in [-0.25, -0.2) is 0 Å². The lowest BCUT2D eigenvalue weighted by atomic mass is 10.1. The number of hydrogen-bond donors (Lipinski definition) is 2. The number of H-pyrrole nitrogens is 1. The van der Waals surface area contributed by atoms with Crippen molar-refractivity contribution < 1.29 is 0 Å². The first-order chi connectivity index (χ1) is 7.15. The van der Waals surface area contributed by atoms with Crippen molar-refractivity contribution in [3.05, 3.63) is 16.4 Å². The van der Waals surface area contributed by atoms with Gasteiger partial charge in [0, 0.05) is 12.1 Å². The lowest BCUT2D eigenvalue weighted by Crippen LogP contribution is -2.12. The van der Waals surface area contributed by atoms with Crippen LogP contribution in [0.3, 0.4) is 0 Å². The minimum Gasteiger partial charge on any atom is -0.384 e. The fourth-order valence-electron chi connectivity index (χ4n) is 1.78. The van der Waals surface area contributed by atoms with E-state index in [0.29, 0.717) is 5.82 Å². The maximum atomic E-state index is 11.0. The highest BCUT2D eigenvalue weighted by atomic mass is 16.1. The first-order valence-corrected chi connectivity index (χ1v) is 5.72. The van der Waals surface area contributed by atoms with Crippen LogP contribution in [0.1, 0.15) is 52.0 Å². The van der Waals surface area contributed by atoms with Crippen LogP contribution in [0.15, 0.2) is 10.9 Å². The normalized spacial score (nSPS) is 12.9. The molecule has 86 valence electrons. The summed E-state index contributed by atoms with van der Waals surface area (Å²) in [5, 5.41) is 2.72. The van der Waals surface area contributed by atoms with Crippen LogP contribution < -0.4 is 11.3 Å². The van der Waals surface area contributed by atoms with Crippen molar-refractivity contribution in [1.82, 2.24) is 9.78 Å². The number of hydrogen-bond acceptors (Lipinski definition) is 2. The summed E-state index contributed by atoms with van der Waals surface area (Å²) in [6, 6.07) is 1.72. The van der Waals surface area contributed by atoms with Crippen LogP contribution in [0.5, 0.6) is 0 Å². The number of nitrogens with zero attached hydrogens (tertiary/aromatic N) is 1. The lowest BCUT2D eigenvalue weighted by molar-refractivity contribution is 0.439. The van der Waals surface area contributed by atoms with Gasteiger partial charge in [-0.15, -0.1) is 0 Å². The Morgan fingerprint density at radius 1 is 1.47 bits per heavy atom. The van der Waals surface area contributed by atoms with Gasteiger partial charge in [-0.05, 0) is 13.3 Å². The molecule has 0 aliphatic carbocycles. The van der Waals surface area contributed by atoms with Crippen molar-refractivity contribution in [1.29, 1.82) is 0 Å². The maximum absolute atomic E-state index is 11.0. The topological polar surface area (TPSA) is 63.8 Å². The Balaban J connectivity index is 2.43. The molecule has 0 aromatic carbocycles. The summed E-state index contributed by atoms with van der Waals surface area (Å²) in [5.74, 6) is 0.531. The number of aromatic nitrogens is 2. The summed E-state index contributed by atoms with van der Waals surface area (Å²) >= 11 is 0. The molecule has 0 radical (unpaired) electrons. The first-order valence-electron chi connectivity index (χ1n) is 5.72. The zero-order valence-electron chi connectivity index (χ0n) is 9.62. The monoisotopic (exact) mass is 211 g/mol. The molecule has 1 heterocycles. The molecule has 3 N–H and O–H groups in total. The predicted octanol–water partition coefficient (Wildman–Crippen LogP) is 2.29. The van der Waals surface area contributed by atoms with Gasteiger partial charge in [-0.3, -0.25) is 14.6 Å². The Labute approximate surface area is 90.5 Å². The van der Waals surface area contributed by atoms with Crippen molar-refractivity contribution in [2.75, 3.05) is 5.73 Å². The Morgan fingerprint density at radius 2 is 2.20 bits per heavy atom. The SMILES string of the molecule is CCCCCC[C@H](C)n1[nH]c(=O)cc1N. The smallest absolute Gasteiger partial charge is 0.266 e. The Kier molecular flexibility index (Phi) is 4.46. The summed E-state index contributed by atoms with van der Waals surface area (Å²) < 4.78 is 1.76. The fraction of sp³-hybridized carbons (Fsp3) is 0.727. The van der Waals surface area contributed by atoms with E-state index in [-0.39, 0.29) is 11.6 Å². The number of nitrogens with two attached hydrogens (primary N) is 1. The molecule has 1 rings (SSSR count). The highest BCUT2D eigenvalue weighted by Crippen LogP contribution is 2.16. The number of nitrogen functional groups attached to an aromatic ring is 1. The van der Waals surface area contributed by atoms with E-state index in [1.54, 1.807) is 4.68 Å². The molecule has 0 spiro atoms. The van der Waals surface area contributed by atoms with Gasteiger partial charge >= 0.3 is 0 Å². The molecule has 0 aliphatic rings. The molecule has 0 aliphatic heterocycles. The molecule has 0 bridgehead atoms. The van der Waals surface area contributed by atoms with Gasteiger partial charge in [0.2, 0.25) is 0 Å². The standard InChI is InChI=1S/C11H21N3O/c1-3-4-5-6-7-9(2)14-10(12)8-11(15)13-14/h8-9H,3-7,12H2,1-2H3,(H,13,15)/t9-/m0/s1. The molecule has 0 fully saturated rings. The van der Waals surface area contributed by atoms with Gasteiger partial charge in [-0.2, -0.15) is 0 Å². The second-order valence-corrected chi connectivity index (χ2v) is 4.11. The van der Waals surface area contributed by atoms with Gasteiger partial charge in [-0.1, -0.05) is 32.6 Å². The van der Waals surface area contributed by atoms with Crippen LogP contribution in [0.2, 0.25) is 0 Å².